The minimum atomic E-state index is -0.952. The van der Waals surface area contributed by atoms with Crippen molar-refractivity contribution < 1.29 is 18.0 Å². The number of rotatable bonds is 6. The SMILES string of the molecule is CC(NC(=O)CCc1ncc(-c2ccc(Cl)cc2Cl)o1)c1ccc(F)c(F)c1. The lowest BCUT2D eigenvalue weighted by atomic mass is 10.1. The molecule has 2 aromatic carbocycles. The highest BCUT2D eigenvalue weighted by atomic mass is 35.5. The van der Waals surface area contributed by atoms with E-state index in [1.54, 1.807) is 25.1 Å². The van der Waals surface area contributed by atoms with Gasteiger partial charge in [-0.25, -0.2) is 13.8 Å². The van der Waals surface area contributed by atoms with E-state index in [-0.39, 0.29) is 18.7 Å². The van der Waals surface area contributed by atoms with Crippen molar-refractivity contribution in [3.63, 3.8) is 0 Å². The van der Waals surface area contributed by atoms with E-state index in [0.29, 0.717) is 32.8 Å². The monoisotopic (exact) mass is 424 g/mol. The van der Waals surface area contributed by atoms with Crippen LogP contribution in [0.4, 0.5) is 8.78 Å². The topological polar surface area (TPSA) is 55.1 Å². The molecule has 1 atom stereocenters. The predicted molar refractivity (Wildman–Crippen MR) is 103 cm³/mol. The summed E-state index contributed by atoms with van der Waals surface area (Å²) in [4.78, 5) is 16.3. The summed E-state index contributed by atoms with van der Waals surface area (Å²) in [6.07, 6.45) is 1.94. The lowest BCUT2D eigenvalue weighted by Crippen LogP contribution is -2.27. The number of nitrogens with zero attached hydrogens (tertiary/aromatic N) is 1. The molecule has 0 saturated heterocycles. The predicted octanol–water partition coefficient (Wildman–Crippen LogP) is 5.74. The second-order valence-electron chi connectivity index (χ2n) is 6.21. The maximum Gasteiger partial charge on any atom is 0.220 e. The Hall–Kier alpha value is -2.44. The van der Waals surface area contributed by atoms with Gasteiger partial charge in [-0.2, -0.15) is 0 Å². The first kappa shape index (κ1) is 20.3. The van der Waals surface area contributed by atoms with Gasteiger partial charge in [0.1, 0.15) is 0 Å². The molecule has 1 heterocycles. The van der Waals surface area contributed by atoms with Crippen LogP contribution < -0.4 is 5.32 Å². The molecule has 4 nitrogen and oxygen atoms in total. The van der Waals surface area contributed by atoms with Crippen LogP contribution in [0.3, 0.4) is 0 Å². The summed E-state index contributed by atoms with van der Waals surface area (Å²) in [5.41, 5.74) is 1.13. The molecule has 0 fully saturated rings. The Kier molecular flexibility index (Phi) is 6.31. The van der Waals surface area contributed by atoms with Crippen molar-refractivity contribution in [2.75, 3.05) is 0 Å². The van der Waals surface area contributed by atoms with Crippen LogP contribution in [0.5, 0.6) is 0 Å². The van der Waals surface area contributed by atoms with Gasteiger partial charge >= 0.3 is 0 Å². The number of amides is 1. The fourth-order valence-corrected chi connectivity index (χ4v) is 3.14. The molecule has 0 radical (unpaired) electrons. The molecule has 1 N–H and O–H groups in total. The molecule has 0 aliphatic rings. The number of hydrogen-bond donors (Lipinski definition) is 1. The molecule has 0 spiro atoms. The van der Waals surface area contributed by atoms with E-state index in [1.807, 2.05) is 0 Å². The number of benzene rings is 2. The van der Waals surface area contributed by atoms with Crippen molar-refractivity contribution in [2.24, 2.45) is 0 Å². The highest BCUT2D eigenvalue weighted by Crippen LogP contribution is 2.30. The first-order chi connectivity index (χ1) is 13.3. The van der Waals surface area contributed by atoms with Gasteiger partial charge in [0.05, 0.1) is 17.3 Å². The highest BCUT2D eigenvalue weighted by molar-refractivity contribution is 6.36. The van der Waals surface area contributed by atoms with Gasteiger partial charge in [0.2, 0.25) is 5.91 Å². The van der Waals surface area contributed by atoms with E-state index in [0.717, 1.165) is 12.1 Å². The van der Waals surface area contributed by atoms with E-state index < -0.39 is 17.7 Å². The number of aromatic nitrogens is 1. The summed E-state index contributed by atoms with van der Waals surface area (Å²) in [7, 11) is 0. The Bertz CT molecular complexity index is 1010. The fraction of sp³-hybridized carbons (Fsp3) is 0.200. The van der Waals surface area contributed by atoms with Crippen LogP contribution in [0.2, 0.25) is 10.0 Å². The number of nitrogens with one attached hydrogen (secondary N) is 1. The van der Waals surface area contributed by atoms with E-state index in [4.69, 9.17) is 27.6 Å². The average molecular weight is 425 g/mol. The largest absolute Gasteiger partial charge is 0.441 e. The average Bonchev–Trinajstić information content (AvgIpc) is 3.11. The van der Waals surface area contributed by atoms with E-state index in [9.17, 15) is 13.6 Å². The van der Waals surface area contributed by atoms with Crippen LogP contribution in [0.15, 0.2) is 47.0 Å². The van der Waals surface area contributed by atoms with Crippen LogP contribution in [0.1, 0.15) is 30.8 Å². The van der Waals surface area contributed by atoms with Crippen LogP contribution in [0, 0.1) is 11.6 Å². The lowest BCUT2D eigenvalue weighted by Gasteiger charge is -2.14. The molecule has 0 aliphatic carbocycles. The quantitative estimate of drug-likeness (QED) is 0.548. The Morgan fingerprint density at radius 3 is 2.68 bits per heavy atom. The van der Waals surface area contributed by atoms with Crippen molar-refractivity contribution in [1.29, 1.82) is 0 Å². The molecule has 1 unspecified atom stereocenters. The zero-order chi connectivity index (χ0) is 20.3. The second-order valence-corrected chi connectivity index (χ2v) is 7.05. The summed E-state index contributed by atoms with van der Waals surface area (Å²) >= 11 is 12.0. The normalized spacial score (nSPS) is 12.0. The summed E-state index contributed by atoms with van der Waals surface area (Å²) in [5, 5.41) is 3.69. The molecule has 8 heteroatoms. The second kappa shape index (κ2) is 8.71. The molecule has 0 aliphatic heterocycles. The van der Waals surface area contributed by atoms with Gasteiger partial charge in [0.25, 0.3) is 0 Å². The smallest absolute Gasteiger partial charge is 0.220 e. The number of oxazole rings is 1. The maximum absolute atomic E-state index is 13.3. The van der Waals surface area contributed by atoms with Gasteiger partial charge in [-0.05, 0) is 42.8 Å². The molecular weight excluding hydrogens is 409 g/mol. The Labute approximate surface area is 170 Å². The molecular formula is C20H16Cl2F2N2O2. The van der Waals surface area contributed by atoms with Gasteiger partial charge < -0.3 is 9.73 Å². The van der Waals surface area contributed by atoms with Crippen LogP contribution in [0.25, 0.3) is 11.3 Å². The summed E-state index contributed by atoms with van der Waals surface area (Å²) in [6.45, 7) is 1.69. The van der Waals surface area contributed by atoms with Crippen molar-refractivity contribution in [1.82, 2.24) is 10.3 Å². The summed E-state index contributed by atoms with van der Waals surface area (Å²) in [6, 6.07) is 8.09. The molecule has 0 saturated carbocycles. The standard InChI is InChI=1S/C20H16Cl2F2N2O2/c1-11(12-2-5-16(23)17(24)8-12)26-19(27)6-7-20-25-10-18(28-20)14-4-3-13(21)9-15(14)22/h2-5,8-11H,6-7H2,1H3,(H,26,27). The third kappa shape index (κ3) is 4.88. The van der Waals surface area contributed by atoms with E-state index >= 15 is 0 Å². The van der Waals surface area contributed by atoms with Gasteiger partial charge in [-0.15, -0.1) is 0 Å². The Balaban J connectivity index is 1.57. The molecule has 28 heavy (non-hydrogen) atoms. The molecule has 3 rings (SSSR count). The fourth-order valence-electron chi connectivity index (χ4n) is 2.64. The molecule has 3 aromatic rings. The maximum atomic E-state index is 13.3. The molecule has 1 aromatic heterocycles. The van der Waals surface area contributed by atoms with Crippen LogP contribution in [-0.4, -0.2) is 10.9 Å². The van der Waals surface area contributed by atoms with Crippen molar-refractivity contribution in [3.8, 4) is 11.3 Å². The van der Waals surface area contributed by atoms with Gasteiger partial charge in [-0.3, -0.25) is 4.79 Å². The van der Waals surface area contributed by atoms with Gasteiger partial charge in [0.15, 0.2) is 23.3 Å². The molecule has 146 valence electrons. The zero-order valence-corrected chi connectivity index (χ0v) is 16.3. The van der Waals surface area contributed by atoms with Crippen LogP contribution in [-0.2, 0) is 11.2 Å². The lowest BCUT2D eigenvalue weighted by molar-refractivity contribution is -0.121. The third-order valence-corrected chi connectivity index (χ3v) is 4.69. The van der Waals surface area contributed by atoms with E-state index in [2.05, 4.69) is 10.3 Å². The molecule has 1 amide bonds. The minimum absolute atomic E-state index is 0.127. The number of aryl methyl sites for hydroxylation is 1. The third-order valence-electron chi connectivity index (χ3n) is 4.14. The van der Waals surface area contributed by atoms with Crippen molar-refractivity contribution in [3.05, 3.63) is 75.7 Å². The number of hydrogen-bond acceptors (Lipinski definition) is 3. The highest BCUT2D eigenvalue weighted by Gasteiger charge is 2.14. The number of halogens is 4. The Morgan fingerprint density at radius 2 is 1.96 bits per heavy atom. The first-order valence-corrected chi connectivity index (χ1v) is 9.23. The van der Waals surface area contributed by atoms with Crippen molar-refractivity contribution in [2.45, 2.75) is 25.8 Å². The Morgan fingerprint density at radius 1 is 1.18 bits per heavy atom. The first-order valence-electron chi connectivity index (χ1n) is 8.48. The van der Waals surface area contributed by atoms with Crippen molar-refractivity contribution >= 4 is 29.1 Å². The van der Waals surface area contributed by atoms with Gasteiger partial charge in [0, 0.05) is 23.4 Å². The van der Waals surface area contributed by atoms with Crippen LogP contribution >= 0.6 is 23.2 Å². The number of carbonyl (C=O) groups excluding carboxylic acids is 1. The molecule has 0 bridgehead atoms. The van der Waals surface area contributed by atoms with E-state index in [1.165, 1.54) is 12.3 Å². The minimum Gasteiger partial charge on any atom is -0.441 e. The summed E-state index contributed by atoms with van der Waals surface area (Å²) in [5.74, 6) is -1.28. The zero-order valence-electron chi connectivity index (χ0n) is 14.8. The summed E-state index contributed by atoms with van der Waals surface area (Å²) < 4.78 is 32.0. The van der Waals surface area contributed by atoms with Gasteiger partial charge in [-0.1, -0.05) is 29.3 Å². The number of carbonyl (C=O) groups is 1.